The maximum atomic E-state index is 12.1. The molecule has 4 N–H and O–H groups in total. The first kappa shape index (κ1) is 15.1. The Morgan fingerprint density at radius 2 is 2.06 bits per heavy atom. The van der Waals surface area contributed by atoms with Gasteiger partial charge in [-0.1, -0.05) is 20.8 Å². The summed E-state index contributed by atoms with van der Waals surface area (Å²) in [5, 5.41) is 6.49. The van der Waals surface area contributed by atoms with Crippen molar-refractivity contribution in [3.8, 4) is 0 Å². The number of nitrogens with one attached hydrogen (secondary N) is 2. The Kier molecular flexibility index (Phi) is 4.52. The van der Waals surface area contributed by atoms with Gasteiger partial charge in [-0.05, 0) is 18.8 Å². The third kappa shape index (κ3) is 3.30. The second kappa shape index (κ2) is 5.38. The van der Waals surface area contributed by atoms with Gasteiger partial charge in [0.05, 0.1) is 0 Å². The number of nitrogens with zero attached hydrogens (tertiary/aromatic N) is 1. The van der Waals surface area contributed by atoms with Crippen molar-refractivity contribution in [1.29, 1.82) is 0 Å². The van der Waals surface area contributed by atoms with Gasteiger partial charge in [-0.3, -0.25) is 5.10 Å². The number of aromatic nitrogens is 2. The molecule has 18 heavy (non-hydrogen) atoms. The minimum absolute atomic E-state index is 0.00871. The van der Waals surface area contributed by atoms with Crippen molar-refractivity contribution >= 4 is 10.0 Å². The minimum atomic E-state index is -3.60. The third-order valence-corrected chi connectivity index (χ3v) is 4.56. The first-order chi connectivity index (χ1) is 8.23. The van der Waals surface area contributed by atoms with Crippen LogP contribution in [0, 0.1) is 12.3 Å². The van der Waals surface area contributed by atoms with Gasteiger partial charge in [-0.15, -0.1) is 0 Å². The number of aromatic amines is 1. The van der Waals surface area contributed by atoms with Crippen LogP contribution in [-0.4, -0.2) is 25.2 Å². The Hall–Kier alpha value is -0.920. The topological polar surface area (TPSA) is 101 Å². The number of H-pyrrole nitrogens is 1. The van der Waals surface area contributed by atoms with E-state index in [-0.39, 0.29) is 17.0 Å². The first-order valence-corrected chi connectivity index (χ1v) is 7.45. The molecule has 0 aliphatic rings. The molecule has 104 valence electrons. The molecule has 0 radical (unpaired) electrons. The van der Waals surface area contributed by atoms with E-state index in [0.717, 1.165) is 6.42 Å². The Morgan fingerprint density at radius 1 is 1.44 bits per heavy atom. The maximum Gasteiger partial charge on any atom is 0.260 e. The molecule has 0 aliphatic carbocycles. The standard InChI is InChI=1S/C11H22N4O2S/c1-5-11(3,4)7-13-18(16,17)10-9(6-12)8(2)14-15-10/h13H,5-7,12H2,1-4H3,(H,14,15). The smallest absolute Gasteiger partial charge is 0.260 e. The number of nitrogens with two attached hydrogens (primary N) is 1. The molecule has 1 aromatic heterocycles. The normalized spacial score (nSPS) is 12.9. The minimum Gasteiger partial charge on any atom is -0.326 e. The van der Waals surface area contributed by atoms with Crippen molar-refractivity contribution in [2.75, 3.05) is 6.54 Å². The van der Waals surface area contributed by atoms with Crippen LogP contribution in [0.2, 0.25) is 0 Å². The molecule has 0 fully saturated rings. The lowest BCUT2D eigenvalue weighted by Crippen LogP contribution is -2.34. The summed E-state index contributed by atoms with van der Waals surface area (Å²) in [6.45, 7) is 8.32. The average Bonchev–Trinajstić information content (AvgIpc) is 2.69. The second-order valence-electron chi connectivity index (χ2n) is 5.18. The van der Waals surface area contributed by atoms with E-state index in [4.69, 9.17) is 5.73 Å². The summed E-state index contributed by atoms with van der Waals surface area (Å²) in [7, 11) is -3.60. The number of hydrogen-bond acceptors (Lipinski definition) is 4. The zero-order valence-corrected chi connectivity index (χ0v) is 12.2. The van der Waals surface area contributed by atoms with E-state index in [0.29, 0.717) is 17.8 Å². The fourth-order valence-corrected chi connectivity index (χ4v) is 2.82. The molecule has 0 saturated heterocycles. The van der Waals surface area contributed by atoms with Crippen molar-refractivity contribution in [1.82, 2.24) is 14.9 Å². The van der Waals surface area contributed by atoms with Gasteiger partial charge in [-0.25, -0.2) is 13.1 Å². The van der Waals surface area contributed by atoms with Gasteiger partial charge < -0.3 is 5.73 Å². The molecule has 0 atom stereocenters. The van der Waals surface area contributed by atoms with Crippen LogP contribution in [-0.2, 0) is 16.6 Å². The lowest BCUT2D eigenvalue weighted by Gasteiger charge is -2.22. The molecule has 6 nitrogen and oxygen atoms in total. The molecule has 1 aromatic rings. The predicted molar refractivity (Wildman–Crippen MR) is 70.5 cm³/mol. The summed E-state index contributed by atoms with van der Waals surface area (Å²) in [5.41, 5.74) is 6.69. The van der Waals surface area contributed by atoms with E-state index in [2.05, 4.69) is 14.9 Å². The van der Waals surface area contributed by atoms with Gasteiger partial charge in [0.25, 0.3) is 10.0 Å². The summed E-state index contributed by atoms with van der Waals surface area (Å²) >= 11 is 0. The zero-order valence-electron chi connectivity index (χ0n) is 11.4. The van der Waals surface area contributed by atoms with Crippen LogP contribution in [0.1, 0.15) is 38.4 Å². The Labute approximate surface area is 108 Å². The first-order valence-electron chi connectivity index (χ1n) is 5.97. The number of hydrogen-bond donors (Lipinski definition) is 3. The van der Waals surface area contributed by atoms with Gasteiger partial charge in [0.2, 0.25) is 0 Å². The van der Waals surface area contributed by atoms with E-state index in [9.17, 15) is 8.42 Å². The Morgan fingerprint density at radius 3 is 2.56 bits per heavy atom. The third-order valence-electron chi connectivity index (χ3n) is 3.19. The van der Waals surface area contributed by atoms with Crippen molar-refractivity contribution in [3.63, 3.8) is 0 Å². The van der Waals surface area contributed by atoms with Crippen LogP contribution >= 0.6 is 0 Å². The molecular weight excluding hydrogens is 252 g/mol. The molecule has 0 spiro atoms. The molecule has 0 unspecified atom stereocenters. The van der Waals surface area contributed by atoms with Crippen LogP contribution in [0.5, 0.6) is 0 Å². The molecule has 1 rings (SSSR count). The molecule has 0 amide bonds. The van der Waals surface area contributed by atoms with Gasteiger partial charge >= 0.3 is 0 Å². The Balaban J connectivity index is 2.94. The summed E-state index contributed by atoms with van der Waals surface area (Å²) in [6, 6.07) is 0. The van der Waals surface area contributed by atoms with E-state index in [1.54, 1.807) is 6.92 Å². The van der Waals surface area contributed by atoms with Crippen molar-refractivity contribution in [3.05, 3.63) is 11.3 Å². The van der Waals surface area contributed by atoms with Crippen molar-refractivity contribution in [2.45, 2.75) is 45.7 Å². The second-order valence-corrected chi connectivity index (χ2v) is 6.86. The van der Waals surface area contributed by atoms with Crippen LogP contribution in [0.15, 0.2) is 5.03 Å². The lowest BCUT2D eigenvalue weighted by atomic mass is 9.91. The molecule has 0 saturated carbocycles. The highest BCUT2D eigenvalue weighted by Gasteiger charge is 2.25. The maximum absolute atomic E-state index is 12.1. The molecule has 7 heteroatoms. The molecular formula is C11H22N4O2S. The SMILES string of the molecule is CCC(C)(C)CNS(=O)(=O)c1n[nH]c(C)c1CN. The monoisotopic (exact) mass is 274 g/mol. The number of aryl methyl sites for hydroxylation is 1. The fraction of sp³-hybridized carbons (Fsp3) is 0.727. The van der Waals surface area contributed by atoms with E-state index >= 15 is 0 Å². The van der Waals surface area contributed by atoms with E-state index in [1.165, 1.54) is 0 Å². The number of rotatable bonds is 6. The van der Waals surface area contributed by atoms with Gasteiger partial charge in [0.1, 0.15) is 0 Å². The quantitative estimate of drug-likeness (QED) is 0.717. The van der Waals surface area contributed by atoms with E-state index < -0.39 is 10.0 Å². The van der Waals surface area contributed by atoms with Crippen molar-refractivity contribution in [2.24, 2.45) is 11.1 Å². The number of sulfonamides is 1. The molecule has 0 aliphatic heterocycles. The zero-order chi connectivity index (χ0) is 14.0. The Bertz CT molecular complexity index is 505. The summed E-state index contributed by atoms with van der Waals surface area (Å²) in [4.78, 5) is 0. The highest BCUT2D eigenvalue weighted by molar-refractivity contribution is 7.89. The average molecular weight is 274 g/mol. The molecule has 0 aromatic carbocycles. The van der Waals surface area contributed by atoms with Crippen LogP contribution in [0.25, 0.3) is 0 Å². The predicted octanol–water partition coefficient (Wildman–Crippen LogP) is 0.891. The largest absolute Gasteiger partial charge is 0.326 e. The lowest BCUT2D eigenvalue weighted by molar-refractivity contribution is 0.350. The summed E-state index contributed by atoms with van der Waals surface area (Å²) in [6.07, 6.45) is 0.888. The van der Waals surface area contributed by atoms with Crippen molar-refractivity contribution < 1.29 is 8.42 Å². The van der Waals surface area contributed by atoms with Crippen LogP contribution < -0.4 is 10.5 Å². The summed E-state index contributed by atoms with van der Waals surface area (Å²) < 4.78 is 26.9. The highest BCUT2D eigenvalue weighted by atomic mass is 32.2. The van der Waals surface area contributed by atoms with Gasteiger partial charge in [0, 0.05) is 24.3 Å². The molecule has 1 heterocycles. The van der Waals surface area contributed by atoms with Crippen LogP contribution in [0.3, 0.4) is 0 Å². The fourth-order valence-electron chi connectivity index (χ4n) is 1.38. The summed E-state index contributed by atoms with van der Waals surface area (Å²) in [5.74, 6) is 0. The highest BCUT2D eigenvalue weighted by Crippen LogP contribution is 2.20. The van der Waals surface area contributed by atoms with Gasteiger partial charge in [-0.2, -0.15) is 5.10 Å². The molecule has 0 bridgehead atoms. The van der Waals surface area contributed by atoms with Gasteiger partial charge in [0.15, 0.2) is 5.03 Å². The van der Waals surface area contributed by atoms with E-state index in [1.807, 2.05) is 20.8 Å². The van der Waals surface area contributed by atoms with Crippen LogP contribution in [0.4, 0.5) is 0 Å².